The maximum atomic E-state index is 13.4. The Bertz CT molecular complexity index is 1240. The number of nitrogens with one attached hydrogen (secondary N) is 4. The summed E-state index contributed by atoms with van der Waals surface area (Å²) in [6.07, 6.45) is -1.14. The number of hydrogen-bond acceptors (Lipinski definition) is 8. The predicted molar refractivity (Wildman–Crippen MR) is 140 cm³/mol. The SMILES string of the molecule is CC(O)C(NC(=O)C(CCC(=O)O)NC(=O)C(Cc1c[nH]c2ccccc12)NC(=O)C(N)CCC(N)=O)C(=O)O. The first-order valence-electron chi connectivity index (χ1n) is 12.4. The van der Waals surface area contributed by atoms with Gasteiger partial charge in [0.05, 0.1) is 12.1 Å². The molecule has 218 valence electrons. The van der Waals surface area contributed by atoms with Crippen LogP contribution in [0.2, 0.25) is 0 Å². The number of fused-ring (bicyclic) bond motifs is 1. The number of aromatic nitrogens is 1. The van der Waals surface area contributed by atoms with Gasteiger partial charge in [-0.15, -0.1) is 0 Å². The summed E-state index contributed by atoms with van der Waals surface area (Å²) in [4.78, 5) is 75.7. The van der Waals surface area contributed by atoms with Gasteiger partial charge in [0.25, 0.3) is 0 Å². The number of aliphatic hydroxyl groups excluding tert-OH is 1. The topological polar surface area (TPSA) is 267 Å². The molecule has 1 aromatic carbocycles. The van der Waals surface area contributed by atoms with Crippen molar-refractivity contribution in [1.82, 2.24) is 20.9 Å². The normalized spacial score (nSPS) is 14.8. The lowest BCUT2D eigenvalue weighted by Gasteiger charge is -2.25. The summed E-state index contributed by atoms with van der Waals surface area (Å²) < 4.78 is 0. The van der Waals surface area contributed by atoms with Gasteiger partial charge in [-0.3, -0.25) is 24.0 Å². The fourth-order valence-corrected chi connectivity index (χ4v) is 3.89. The van der Waals surface area contributed by atoms with Crippen LogP contribution in [-0.4, -0.2) is 86.1 Å². The van der Waals surface area contributed by atoms with E-state index in [-0.39, 0.29) is 19.3 Å². The van der Waals surface area contributed by atoms with Crippen molar-refractivity contribution in [3.8, 4) is 0 Å². The van der Waals surface area contributed by atoms with Gasteiger partial charge < -0.3 is 47.7 Å². The molecule has 1 heterocycles. The molecule has 0 fully saturated rings. The molecule has 15 nitrogen and oxygen atoms in total. The van der Waals surface area contributed by atoms with Crippen molar-refractivity contribution in [1.29, 1.82) is 0 Å². The molecular weight excluding hydrogens is 528 g/mol. The third-order valence-electron chi connectivity index (χ3n) is 6.10. The van der Waals surface area contributed by atoms with Gasteiger partial charge in [0, 0.05) is 36.4 Å². The number of carboxylic acid groups (broad SMARTS) is 2. The van der Waals surface area contributed by atoms with Crippen molar-refractivity contribution in [2.24, 2.45) is 11.5 Å². The molecule has 0 aliphatic rings. The van der Waals surface area contributed by atoms with E-state index in [0.29, 0.717) is 5.56 Å². The van der Waals surface area contributed by atoms with Crippen LogP contribution in [0.15, 0.2) is 30.5 Å². The Morgan fingerprint density at radius 3 is 2.12 bits per heavy atom. The van der Waals surface area contributed by atoms with Gasteiger partial charge in [-0.2, -0.15) is 0 Å². The average Bonchev–Trinajstić information content (AvgIpc) is 3.29. The Morgan fingerprint density at radius 2 is 1.52 bits per heavy atom. The molecule has 4 amide bonds. The Hall–Kier alpha value is -4.50. The summed E-state index contributed by atoms with van der Waals surface area (Å²) in [6.45, 7) is 1.14. The summed E-state index contributed by atoms with van der Waals surface area (Å²) in [5.74, 6) is -6.18. The second kappa shape index (κ2) is 14.6. The summed E-state index contributed by atoms with van der Waals surface area (Å²) >= 11 is 0. The second-order valence-electron chi connectivity index (χ2n) is 9.29. The van der Waals surface area contributed by atoms with E-state index in [1.807, 2.05) is 0 Å². The maximum Gasteiger partial charge on any atom is 0.328 e. The molecule has 15 heteroatoms. The molecule has 2 aromatic rings. The summed E-state index contributed by atoms with van der Waals surface area (Å²) in [5.41, 5.74) is 12.4. The molecule has 40 heavy (non-hydrogen) atoms. The molecular formula is C25H34N6O9. The predicted octanol–water partition coefficient (Wildman–Crippen LogP) is -1.91. The molecule has 0 aliphatic heterocycles. The van der Waals surface area contributed by atoms with Gasteiger partial charge in [0.1, 0.15) is 12.1 Å². The number of amides is 4. The number of carbonyl (C=O) groups excluding carboxylic acids is 4. The highest BCUT2D eigenvalue weighted by atomic mass is 16.4. The van der Waals surface area contributed by atoms with E-state index in [2.05, 4.69) is 20.9 Å². The van der Waals surface area contributed by atoms with Crippen molar-refractivity contribution in [2.75, 3.05) is 0 Å². The van der Waals surface area contributed by atoms with Crippen molar-refractivity contribution in [2.45, 2.75) is 69.3 Å². The lowest BCUT2D eigenvalue weighted by molar-refractivity contribution is -0.145. The number of H-pyrrole nitrogens is 1. The summed E-state index contributed by atoms with van der Waals surface area (Å²) in [5, 5.41) is 35.8. The van der Waals surface area contributed by atoms with Crippen LogP contribution in [0.25, 0.3) is 10.9 Å². The molecule has 0 saturated heterocycles. The summed E-state index contributed by atoms with van der Waals surface area (Å²) in [7, 11) is 0. The molecule has 11 N–H and O–H groups in total. The largest absolute Gasteiger partial charge is 0.481 e. The van der Waals surface area contributed by atoms with E-state index < -0.39 is 78.7 Å². The third kappa shape index (κ3) is 9.36. The molecule has 2 rings (SSSR count). The van der Waals surface area contributed by atoms with Gasteiger partial charge in [-0.05, 0) is 31.4 Å². The first-order chi connectivity index (χ1) is 18.8. The number of carbonyl (C=O) groups is 6. The maximum absolute atomic E-state index is 13.4. The monoisotopic (exact) mass is 562 g/mol. The number of nitrogens with two attached hydrogens (primary N) is 2. The van der Waals surface area contributed by atoms with Gasteiger partial charge in [0.2, 0.25) is 23.6 Å². The lowest BCUT2D eigenvalue weighted by atomic mass is 10.0. The quantitative estimate of drug-likeness (QED) is 0.109. The number of para-hydroxylation sites is 1. The highest BCUT2D eigenvalue weighted by Crippen LogP contribution is 2.19. The molecule has 0 bridgehead atoms. The van der Waals surface area contributed by atoms with Crippen LogP contribution in [0.5, 0.6) is 0 Å². The van der Waals surface area contributed by atoms with E-state index in [4.69, 9.17) is 16.6 Å². The minimum absolute atomic E-state index is 0.0666. The molecule has 0 spiro atoms. The molecule has 0 radical (unpaired) electrons. The molecule has 1 aromatic heterocycles. The standard InChI is InChI=1S/C25H34N6O9/c1-12(32)21(25(39)40)31-23(37)17(7-9-20(34)35)29-24(38)18(30-22(36)15(26)6-8-19(27)33)10-13-11-28-16-5-3-2-4-14(13)16/h2-5,11-12,15,17-18,21,28,32H,6-10,26H2,1H3,(H2,27,33)(H,29,38)(H,30,36)(H,31,37)(H,34,35)(H,39,40). The van der Waals surface area contributed by atoms with E-state index in [1.54, 1.807) is 30.5 Å². The first kappa shape index (κ1) is 31.7. The van der Waals surface area contributed by atoms with Crippen LogP contribution in [0.3, 0.4) is 0 Å². The zero-order valence-electron chi connectivity index (χ0n) is 21.8. The van der Waals surface area contributed by atoms with Crippen molar-refractivity contribution < 1.29 is 44.1 Å². The van der Waals surface area contributed by atoms with Crippen LogP contribution >= 0.6 is 0 Å². The Morgan fingerprint density at radius 1 is 0.900 bits per heavy atom. The van der Waals surface area contributed by atoms with E-state index in [0.717, 1.165) is 17.8 Å². The van der Waals surface area contributed by atoms with Crippen molar-refractivity contribution in [3.63, 3.8) is 0 Å². The first-order valence-corrected chi connectivity index (χ1v) is 12.4. The number of hydrogen-bond donors (Lipinski definition) is 9. The van der Waals surface area contributed by atoms with Gasteiger partial charge in [-0.25, -0.2) is 4.79 Å². The highest BCUT2D eigenvalue weighted by molar-refractivity contribution is 5.95. The number of primary amides is 1. The number of aliphatic hydroxyl groups is 1. The fraction of sp³-hybridized carbons (Fsp3) is 0.440. The number of rotatable bonds is 16. The molecule has 0 saturated carbocycles. The summed E-state index contributed by atoms with van der Waals surface area (Å²) in [6, 6.07) is 1.45. The van der Waals surface area contributed by atoms with Crippen LogP contribution in [0, 0.1) is 0 Å². The van der Waals surface area contributed by atoms with Crippen molar-refractivity contribution in [3.05, 3.63) is 36.0 Å². The van der Waals surface area contributed by atoms with Gasteiger partial charge in [-0.1, -0.05) is 18.2 Å². The Labute approximate surface area is 228 Å². The zero-order valence-corrected chi connectivity index (χ0v) is 21.8. The van der Waals surface area contributed by atoms with Crippen LogP contribution < -0.4 is 27.4 Å². The van der Waals surface area contributed by atoms with E-state index >= 15 is 0 Å². The second-order valence-corrected chi connectivity index (χ2v) is 9.29. The lowest BCUT2D eigenvalue weighted by Crippen LogP contribution is -2.58. The van der Waals surface area contributed by atoms with Gasteiger partial charge >= 0.3 is 11.9 Å². The molecule has 5 atom stereocenters. The average molecular weight is 563 g/mol. The van der Waals surface area contributed by atoms with Crippen LogP contribution in [0.1, 0.15) is 38.2 Å². The number of carboxylic acids is 2. The number of aromatic amines is 1. The minimum Gasteiger partial charge on any atom is -0.481 e. The number of benzene rings is 1. The Balaban J connectivity index is 2.32. The van der Waals surface area contributed by atoms with Gasteiger partial charge in [0.15, 0.2) is 6.04 Å². The van der Waals surface area contributed by atoms with Crippen molar-refractivity contribution >= 4 is 46.5 Å². The number of aliphatic carboxylic acids is 2. The molecule has 5 unspecified atom stereocenters. The zero-order chi connectivity index (χ0) is 30.0. The van der Waals surface area contributed by atoms with E-state index in [9.17, 15) is 39.0 Å². The highest BCUT2D eigenvalue weighted by Gasteiger charge is 2.32. The molecule has 0 aliphatic carbocycles. The third-order valence-corrected chi connectivity index (χ3v) is 6.10. The minimum atomic E-state index is -1.72. The fourth-order valence-electron chi connectivity index (χ4n) is 3.89. The van der Waals surface area contributed by atoms with Crippen LogP contribution in [0.4, 0.5) is 0 Å². The smallest absolute Gasteiger partial charge is 0.328 e. The van der Waals surface area contributed by atoms with Crippen LogP contribution in [-0.2, 0) is 35.2 Å². The Kier molecular flexibility index (Phi) is 11.6. The van der Waals surface area contributed by atoms with E-state index in [1.165, 1.54) is 0 Å².